The van der Waals surface area contributed by atoms with Gasteiger partial charge < -0.3 is 10.2 Å². The molecule has 2 amide bonds. The lowest BCUT2D eigenvalue weighted by molar-refractivity contribution is -0.120. The van der Waals surface area contributed by atoms with Gasteiger partial charge in [-0.05, 0) is 36.8 Å². The van der Waals surface area contributed by atoms with Gasteiger partial charge in [-0.15, -0.1) is 0 Å². The Bertz CT molecular complexity index is 843. The van der Waals surface area contributed by atoms with Crippen molar-refractivity contribution in [3.05, 3.63) is 58.4 Å². The maximum atomic E-state index is 13.9. The number of amides is 2. The normalized spacial score (nSPS) is 10.5. The van der Waals surface area contributed by atoms with Gasteiger partial charge in [0.05, 0.1) is 5.69 Å². The zero-order valence-corrected chi connectivity index (χ0v) is 14.1. The maximum absolute atomic E-state index is 13.9. The summed E-state index contributed by atoms with van der Waals surface area (Å²) in [5.41, 5.74) is 0.673. The number of carbonyl (C=O) groups excluding carboxylic acids is 2. The molecule has 4 nitrogen and oxygen atoms in total. The number of aryl methyl sites for hydroxylation is 1. The van der Waals surface area contributed by atoms with E-state index in [1.807, 2.05) is 0 Å². The molecule has 0 aliphatic rings. The first-order valence-corrected chi connectivity index (χ1v) is 7.56. The minimum absolute atomic E-state index is 0.384. The standard InChI is InChI=1S/C17H14ClF3N2O2/c1-9-3-4-11(7-12(9)18)22-15(25)8-23(10(2)24)14-6-5-13(19)16(20)17(14)21/h3-7H,8H2,1-2H3,(H,22,25). The molecule has 2 rings (SSSR count). The van der Waals surface area contributed by atoms with Crippen molar-refractivity contribution in [1.82, 2.24) is 0 Å². The molecule has 0 heterocycles. The molecule has 132 valence electrons. The lowest BCUT2D eigenvalue weighted by Crippen LogP contribution is -2.37. The van der Waals surface area contributed by atoms with E-state index in [2.05, 4.69) is 5.32 Å². The van der Waals surface area contributed by atoms with E-state index in [4.69, 9.17) is 11.6 Å². The van der Waals surface area contributed by atoms with Crippen molar-refractivity contribution in [2.75, 3.05) is 16.8 Å². The number of halogens is 4. The Kier molecular flexibility index (Phi) is 5.69. The Morgan fingerprint density at radius 2 is 1.80 bits per heavy atom. The molecule has 25 heavy (non-hydrogen) atoms. The summed E-state index contributed by atoms with van der Waals surface area (Å²) < 4.78 is 40.3. The number of anilines is 2. The van der Waals surface area contributed by atoms with Crippen LogP contribution in [0.1, 0.15) is 12.5 Å². The zero-order chi connectivity index (χ0) is 18.7. The Morgan fingerprint density at radius 1 is 1.12 bits per heavy atom. The molecule has 2 aromatic carbocycles. The molecule has 0 unspecified atom stereocenters. The average molecular weight is 371 g/mol. The molecule has 0 aliphatic carbocycles. The van der Waals surface area contributed by atoms with Gasteiger partial charge >= 0.3 is 0 Å². The van der Waals surface area contributed by atoms with Crippen LogP contribution in [0.4, 0.5) is 24.5 Å². The molecular weight excluding hydrogens is 357 g/mol. The van der Waals surface area contributed by atoms with Crippen LogP contribution in [0.2, 0.25) is 5.02 Å². The van der Waals surface area contributed by atoms with Crippen LogP contribution in [0, 0.1) is 24.4 Å². The van der Waals surface area contributed by atoms with Crippen LogP contribution in [-0.4, -0.2) is 18.4 Å². The monoisotopic (exact) mass is 370 g/mol. The number of benzene rings is 2. The molecule has 0 spiro atoms. The van der Waals surface area contributed by atoms with E-state index < -0.39 is 41.5 Å². The lowest BCUT2D eigenvalue weighted by atomic mass is 10.2. The van der Waals surface area contributed by atoms with E-state index in [0.717, 1.165) is 18.6 Å². The third-order valence-corrected chi connectivity index (χ3v) is 3.85. The first-order chi connectivity index (χ1) is 11.7. The smallest absolute Gasteiger partial charge is 0.244 e. The summed E-state index contributed by atoms with van der Waals surface area (Å²) in [6, 6.07) is 6.39. The molecule has 0 aliphatic heterocycles. The fourth-order valence-electron chi connectivity index (χ4n) is 2.11. The summed E-state index contributed by atoms with van der Waals surface area (Å²) >= 11 is 5.96. The SMILES string of the molecule is CC(=O)N(CC(=O)Nc1ccc(C)c(Cl)c1)c1ccc(F)c(F)c1F. The van der Waals surface area contributed by atoms with E-state index in [0.29, 0.717) is 21.7 Å². The van der Waals surface area contributed by atoms with Crippen molar-refractivity contribution < 1.29 is 22.8 Å². The Hall–Kier alpha value is -2.54. The van der Waals surface area contributed by atoms with E-state index >= 15 is 0 Å². The molecule has 1 N–H and O–H groups in total. The number of hydrogen-bond acceptors (Lipinski definition) is 2. The van der Waals surface area contributed by atoms with Gasteiger partial charge in [-0.2, -0.15) is 0 Å². The third-order valence-electron chi connectivity index (χ3n) is 3.44. The Morgan fingerprint density at radius 3 is 2.40 bits per heavy atom. The highest BCUT2D eigenvalue weighted by Crippen LogP contribution is 2.24. The van der Waals surface area contributed by atoms with Crippen LogP contribution >= 0.6 is 11.6 Å². The highest BCUT2D eigenvalue weighted by Gasteiger charge is 2.23. The van der Waals surface area contributed by atoms with Gasteiger partial charge in [-0.25, -0.2) is 13.2 Å². The topological polar surface area (TPSA) is 49.4 Å². The molecular formula is C17H14ClF3N2O2. The second kappa shape index (κ2) is 7.57. The Labute approximate surface area is 147 Å². The van der Waals surface area contributed by atoms with Crippen molar-refractivity contribution in [2.24, 2.45) is 0 Å². The van der Waals surface area contributed by atoms with Crippen LogP contribution in [0.25, 0.3) is 0 Å². The maximum Gasteiger partial charge on any atom is 0.244 e. The van der Waals surface area contributed by atoms with Crippen molar-refractivity contribution in [2.45, 2.75) is 13.8 Å². The number of nitrogens with zero attached hydrogens (tertiary/aromatic N) is 1. The minimum Gasteiger partial charge on any atom is -0.324 e. The van der Waals surface area contributed by atoms with Gasteiger partial charge in [0.1, 0.15) is 6.54 Å². The summed E-state index contributed by atoms with van der Waals surface area (Å²) in [5.74, 6) is -6.00. The molecule has 0 atom stereocenters. The summed E-state index contributed by atoms with van der Waals surface area (Å²) in [4.78, 5) is 24.6. The zero-order valence-electron chi connectivity index (χ0n) is 13.4. The van der Waals surface area contributed by atoms with Gasteiger partial charge in [0.15, 0.2) is 17.5 Å². The van der Waals surface area contributed by atoms with Crippen molar-refractivity contribution >= 4 is 34.8 Å². The molecule has 0 saturated heterocycles. The number of carbonyl (C=O) groups is 2. The predicted molar refractivity (Wildman–Crippen MR) is 89.2 cm³/mol. The number of nitrogens with one attached hydrogen (secondary N) is 1. The van der Waals surface area contributed by atoms with Gasteiger partial charge in [0.25, 0.3) is 0 Å². The van der Waals surface area contributed by atoms with Gasteiger partial charge in [0, 0.05) is 17.6 Å². The number of hydrogen-bond donors (Lipinski definition) is 1. The second-order valence-electron chi connectivity index (χ2n) is 5.31. The first kappa shape index (κ1) is 18.8. The summed E-state index contributed by atoms with van der Waals surface area (Å²) in [7, 11) is 0. The highest BCUT2D eigenvalue weighted by atomic mass is 35.5. The summed E-state index contributed by atoms with van der Waals surface area (Å²) in [6.07, 6.45) is 0. The molecule has 0 radical (unpaired) electrons. The predicted octanol–water partition coefficient (Wildman–Crippen LogP) is 4.06. The molecule has 2 aromatic rings. The van der Waals surface area contributed by atoms with Crippen molar-refractivity contribution in [1.29, 1.82) is 0 Å². The first-order valence-electron chi connectivity index (χ1n) is 7.18. The molecule has 0 saturated carbocycles. The van der Waals surface area contributed by atoms with Crippen LogP contribution < -0.4 is 10.2 Å². The van der Waals surface area contributed by atoms with Gasteiger partial charge in [-0.1, -0.05) is 17.7 Å². The van der Waals surface area contributed by atoms with Crippen LogP contribution in [0.15, 0.2) is 30.3 Å². The quantitative estimate of drug-likeness (QED) is 0.825. The highest BCUT2D eigenvalue weighted by molar-refractivity contribution is 6.31. The molecule has 0 aromatic heterocycles. The molecule has 0 bridgehead atoms. The van der Waals surface area contributed by atoms with E-state index in [1.165, 1.54) is 6.07 Å². The lowest BCUT2D eigenvalue weighted by Gasteiger charge is -2.21. The Balaban J connectivity index is 2.22. The third kappa shape index (κ3) is 4.30. The van der Waals surface area contributed by atoms with Crippen molar-refractivity contribution in [3.63, 3.8) is 0 Å². The van der Waals surface area contributed by atoms with Crippen LogP contribution in [0.3, 0.4) is 0 Å². The van der Waals surface area contributed by atoms with E-state index in [1.54, 1.807) is 19.1 Å². The fourth-order valence-corrected chi connectivity index (χ4v) is 2.29. The van der Waals surface area contributed by atoms with Gasteiger partial charge in [0.2, 0.25) is 11.8 Å². The largest absolute Gasteiger partial charge is 0.324 e. The number of rotatable bonds is 4. The van der Waals surface area contributed by atoms with Crippen molar-refractivity contribution in [3.8, 4) is 0 Å². The van der Waals surface area contributed by atoms with Gasteiger partial charge in [-0.3, -0.25) is 9.59 Å². The van der Waals surface area contributed by atoms with Crippen LogP contribution in [0.5, 0.6) is 0 Å². The van der Waals surface area contributed by atoms with E-state index in [-0.39, 0.29) is 0 Å². The van der Waals surface area contributed by atoms with Crippen LogP contribution in [-0.2, 0) is 9.59 Å². The molecule has 0 fully saturated rings. The minimum atomic E-state index is -1.71. The van der Waals surface area contributed by atoms with E-state index in [9.17, 15) is 22.8 Å². The molecule has 8 heteroatoms. The second-order valence-corrected chi connectivity index (χ2v) is 5.72. The summed E-state index contributed by atoms with van der Waals surface area (Å²) in [5, 5.41) is 2.94. The fraction of sp³-hybridized carbons (Fsp3) is 0.176. The summed E-state index contributed by atoms with van der Waals surface area (Å²) in [6.45, 7) is 2.29. The average Bonchev–Trinajstić information content (AvgIpc) is 2.54.